The lowest BCUT2D eigenvalue weighted by molar-refractivity contribution is 0.199. The molecule has 7 heteroatoms. The van der Waals surface area contributed by atoms with Crippen molar-refractivity contribution in [3.63, 3.8) is 0 Å². The fourth-order valence-corrected chi connectivity index (χ4v) is 3.89. The van der Waals surface area contributed by atoms with Gasteiger partial charge in [-0.1, -0.05) is 12.8 Å². The zero-order chi connectivity index (χ0) is 15.9. The van der Waals surface area contributed by atoms with E-state index in [0.717, 1.165) is 19.4 Å². The molecule has 0 aromatic heterocycles. The molecule has 0 unspecified atom stereocenters. The summed E-state index contributed by atoms with van der Waals surface area (Å²) >= 11 is 0. The van der Waals surface area contributed by atoms with Crippen molar-refractivity contribution in [2.75, 3.05) is 18.6 Å². The molecule has 138 valence electrons. The number of rotatable bonds is 2. The number of nitrogens with one attached hydrogen (secondary N) is 1. The molecule has 3 nitrogen and oxygen atoms in total. The summed E-state index contributed by atoms with van der Waals surface area (Å²) in [5.74, 6) is -1.79. The lowest BCUT2D eigenvalue weighted by Crippen LogP contribution is -2.67. The molecular formula is C17H26Cl2F2N2O. The van der Waals surface area contributed by atoms with E-state index >= 15 is 0 Å². The normalized spacial score (nSPS) is 25.1. The Morgan fingerprint density at radius 1 is 1.17 bits per heavy atom. The van der Waals surface area contributed by atoms with Crippen molar-refractivity contribution in [3.05, 3.63) is 23.8 Å². The highest BCUT2D eigenvalue weighted by atomic mass is 35.5. The number of hydrogen-bond acceptors (Lipinski definition) is 3. The number of benzene rings is 1. The van der Waals surface area contributed by atoms with Gasteiger partial charge in [0.15, 0.2) is 11.6 Å². The van der Waals surface area contributed by atoms with Gasteiger partial charge in [-0.3, -0.25) is 0 Å². The molecule has 2 atom stereocenters. The summed E-state index contributed by atoms with van der Waals surface area (Å²) in [4.78, 5) is 2.23. The molecule has 1 aliphatic heterocycles. The minimum Gasteiger partial charge on any atom is -0.493 e. The van der Waals surface area contributed by atoms with E-state index in [2.05, 4.69) is 24.1 Å². The molecule has 1 aromatic rings. The first-order valence-corrected chi connectivity index (χ1v) is 7.99. The first-order chi connectivity index (χ1) is 10.4. The van der Waals surface area contributed by atoms with Crippen molar-refractivity contribution in [2.45, 2.75) is 57.2 Å². The summed E-state index contributed by atoms with van der Waals surface area (Å²) in [5, 5.41) is 3.71. The summed E-state index contributed by atoms with van der Waals surface area (Å²) < 4.78 is 32.6. The van der Waals surface area contributed by atoms with Crippen molar-refractivity contribution in [2.24, 2.45) is 0 Å². The van der Waals surface area contributed by atoms with Crippen molar-refractivity contribution in [1.82, 2.24) is 5.32 Å². The lowest BCUT2D eigenvalue weighted by Gasteiger charge is -2.52. The van der Waals surface area contributed by atoms with Crippen LogP contribution in [0.5, 0.6) is 5.75 Å². The average molecular weight is 383 g/mol. The smallest absolute Gasteiger partial charge is 0.200 e. The summed E-state index contributed by atoms with van der Waals surface area (Å²) in [6.07, 6.45) is 4.61. The van der Waals surface area contributed by atoms with Gasteiger partial charge in [-0.15, -0.1) is 24.8 Å². The molecule has 2 fully saturated rings. The maximum atomic E-state index is 13.9. The van der Waals surface area contributed by atoms with Crippen LogP contribution in [0, 0.1) is 11.6 Å². The first-order valence-electron chi connectivity index (χ1n) is 7.99. The minimum atomic E-state index is -0.916. The molecule has 1 N–H and O–H groups in total. The lowest BCUT2D eigenvalue weighted by atomic mass is 9.83. The average Bonchev–Trinajstić information content (AvgIpc) is 2.48. The van der Waals surface area contributed by atoms with Gasteiger partial charge in [0.25, 0.3) is 0 Å². The van der Waals surface area contributed by atoms with Crippen molar-refractivity contribution in [1.29, 1.82) is 0 Å². The van der Waals surface area contributed by atoms with Gasteiger partial charge >= 0.3 is 0 Å². The maximum absolute atomic E-state index is 13.9. The quantitative estimate of drug-likeness (QED) is 0.824. The van der Waals surface area contributed by atoms with Gasteiger partial charge in [0.2, 0.25) is 5.82 Å². The van der Waals surface area contributed by atoms with Gasteiger partial charge in [0, 0.05) is 42.0 Å². The Kier molecular flexibility index (Phi) is 7.15. The van der Waals surface area contributed by atoms with Crippen molar-refractivity contribution < 1.29 is 13.5 Å². The summed E-state index contributed by atoms with van der Waals surface area (Å²) in [6, 6.07) is 3.64. The molecule has 0 spiro atoms. The Bertz CT molecular complexity index is 572. The molecule has 1 aromatic carbocycles. The van der Waals surface area contributed by atoms with Crippen LogP contribution in [-0.4, -0.2) is 31.3 Å². The minimum absolute atomic E-state index is 0. The van der Waals surface area contributed by atoms with Gasteiger partial charge in [0.1, 0.15) is 0 Å². The largest absolute Gasteiger partial charge is 0.493 e. The Morgan fingerprint density at radius 3 is 2.50 bits per heavy atom. The van der Waals surface area contributed by atoms with Crippen LogP contribution in [0.1, 0.15) is 39.5 Å². The molecule has 2 aliphatic rings. The van der Waals surface area contributed by atoms with E-state index < -0.39 is 11.6 Å². The Labute approximate surface area is 154 Å². The van der Waals surface area contributed by atoms with Crippen molar-refractivity contribution >= 4 is 30.5 Å². The first kappa shape index (κ1) is 21.3. The zero-order valence-corrected chi connectivity index (χ0v) is 15.9. The maximum Gasteiger partial charge on any atom is 0.200 e. The highest BCUT2D eigenvalue weighted by Gasteiger charge is 2.40. The number of nitrogens with zero attached hydrogens (tertiary/aromatic N) is 1. The van der Waals surface area contributed by atoms with Gasteiger partial charge in [-0.2, -0.15) is 4.39 Å². The van der Waals surface area contributed by atoms with E-state index in [1.807, 2.05) is 0 Å². The number of methoxy groups -OCH3 is 1. The third-order valence-electron chi connectivity index (χ3n) is 4.80. The number of anilines is 1. The fourth-order valence-electron chi connectivity index (χ4n) is 3.89. The number of hydrogen-bond donors (Lipinski definition) is 1. The SMILES string of the molecule is COc1cc(N2CC(C)(C)N[C@H]3CCCC[C@@H]32)cc(F)c1F.Cl.Cl. The van der Waals surface area contributed by atoms with E-state index in [-0.39, 0.29) is 36.1 Å². The molecule has 24 heavy (non-hydrogen) atoms. The molecule has 1 heterocycles. The summed E-state index contributed by atoms with van der Waals surface area (Å²) in [7, 11) is 1.37. The molecular weight excluding hydrogens is 357 g/mol. The molecule has 1 aliphatic carbocycles. The molecule has 0 radical (unpaired) electrons. The van der Waals surface area contributed by atoms with Crippen LogP contribution in [0.25, 0.3) is 0 Å². The van der Waals surface area contributed by atoms with E-state index in [0.29, 0.717) is 17.8 Å². The van der Waals surface area contributed by atoms with Crippen LogP contribution < -0.4 is 15.0 Å². The van der Waals surface area contributed by atoms with Crippen LogP contribution in [-0.2, 0) is 0 Å². The molecule has 0 bridgehead atoms. The van der Waals surface area contributed by atoms with Crippen LogP contribution >= 0.6 is 24.8 Å². The topological polar surface area (TPSA) is 24.5 Å². The molecule has 3 rings (SSSR count). The Morgan fingerprint density at radius 2 is 1.83 bits per heavy atom. The zero-order valence-electron chi connectivity index (χ0n) is 14.3. The number of piperazine rings is 1. The predicted octanol–water partition coefficient (Wildman–Crippen LogP) is 4.32. The van der Waals surface area contributed by atoms with E-state index in [1.54, 1.807) is 6.07 Å². The van der Waals surface area contributed by atoms with E-state index in [1.165, 1.54) is 26.0 Å². The van der Waals surface area contributed by atoms with Crippen LogP contribution in [0.4, 0.5) is 14.5 Å². The number of fused-ring (bicyclic) bond motifs is 1. The molecule has 1 saturated carbocycles. The van der Waals surface area contributed by atoms with Gasteiger partial charge in [0.05, 0.1) is 7.11 Å². The number of ether oxygens (including phenoxy) is 1. The highest BCUT2D eigenvalue weighted by Crippen LogP contribution is 2.36. The predicted molar refractivity (Wildman–Crippen MR) is 98.0 cm³/mol. The summed E-state index contributed by atoms with van der Waals surface area (Å²) in [6.45, 7) is 5.08. The second kappa shape index (κ2) is 8.07. The third-order valence-corrected chi connectivity index (χ3v) is 4.80. The van der Waals surface area contributed by atoms with Crippen molar-refractivity contribution in [3.8, 4) is 5.75 Å². The highest BCUT2D eigenvalue weighted by molar-refractivity contribution is 5.85. The van der Waals surface area contributed by atoms with Gasteiger partial charge < -0.3 is 15.0 Å². The number of halogens is 4. The van der Waals surface area contributed by atoms with Gasteiger partial charge in [-0.25, -0.2) is 4.39 Å². The summed E-state index contributed by atoms with van der Waals surface area (Å²) in [5.41, 5.74) is 0.651. The van der Waals surface area contributed by atoms with E-state index in [4.69, 9.17) is 4.74 Å². The Balaban J connectivity index is 0.00000144. The third kappa shape index (κ3) is 4.06. The molecule has 1 saturated heterocycles. The van der Waals surface area contributed by atoms with E-state index in [9.17, 15) is 8.78 Å². The Hall–Kier alpha value is -0.780. The fraction of sp³-hybridized carbons (Fsp3) is 0.647. The monoisotopic (exact) mass is 382 g/mol. The second-order valence-corrected chi connectivity index (χ2v) is 7.06. The standard InChI is InChI=1S/C17H24F2N2O.2ClH/c1-17(2)10-21(14-7-5-4-6-13(14)20-17)11-8-12(18)16(19)15(9-11)22-3;;/h8-9,13-14,20H,4-7,10H2,1-3H3;2*1H/t13-,14-;;/m0../s1. The van der Waals surface area contributed by atoms with Crippen LogP contribution in [0.3, 0.4) is 0 Å². The van der Waals surface area contributed by atoms with Crippen LogP contribution in [0.15, 0.2) is 12.1 Å². The van der Waals surface area contributed by atoms with Crippen LogP contribution in [0.2, 0.25) is 0 Å². The second-order valence-electron chi connectivity index (χ2n) is 7.06. The molecule has 0 amide bonds. The van der Waals surface area contributed by atoms with Gasteiger partial charge in [-0.05, 0) is 26.7 Å².